The van der Waals surface area contributed by atoms with Gasteiger partial charge < -0.3 is 17.2 Å². The lowest BCUT2D eigenvalue weighted by Gasteiger charge is -1.96. The molecular weight excluding hydrogens is 260 g/mol. The molecule has 0 saturated carbocycles. The lowest BCUT2D eigenvalue weighted by Crippen LogP contribution is -2.21. The lowest BCUT2D eigenvalue weighted by atomic mass is 10.3. The molecule has 8 N–H and O–H groups in total. The van der Waals surface area contributed by atoms with E-state index in [-0.39, 0.29) is 11.3 Å². The standard InChI is InChI=1S/C6H8N2O2S.C3H6N2O2/c7-5-1-3-6(4-2-5)11(8,9)10;4-2(6)1-3(5)7/h1-4H,7H2,(H2,8,9,10);1H2,(H2,4,6)(H2,5,7). The summed E-state index contributed by atoms with van der Waals surface area (Å²) >= 11 is 0. The van der Waals surface area contributed by atoms with Crippen molar-refractivity contribution >= 4 is 27.5 Å². The van der Waals surface area contributed by atoms with Gasteiger partial charge in [0.25, 0.3) is 0 Å². The molecule has 0 aromatic heterocycles. The Labute approximate surface area is 104 Å². The van der Waals surface area contributed by atoms with Crippen LogP contribution in [-0.2, 0) is 19.6 Å². The zero-order valence-corrected chi connectivity index (χ0v) is 10.2. The molecule has 0 aliphatic heterocycles. The van der Waals surface area contributed by atoms with Gasteiger partial charge in [-0.15, -0.1) is 0 Å². The molecule has 9 heteroatoms. The number of amides is 2. The minimum Gasteiger partial charge on any atom is -0.399 e. The Bertz CT molecular complexity index is 512. The molecule has 0 unspecified atom stereocenters. The highest BCUT2D eigenvalue weighted by atomic mass is 32.2. The van der Waals surface area contributed by atoms with E-state index in [0.29, 0.717) is 5.69 Å². The van der Waals surface area contributed by atoms with Crippen molar-refractivity contribution in [2.24, 2.45) is 16.6 Å². The highest BCUT2D eigenvalue weighted by Gasteiger charge is 2.04. The normalized spacial score (nSPS) is 10.1. The molecule has 8 nitrogen and oxygen atoms in total. The summed E-state index contributed by atoms with van der Waals surface area (Å²) in [5.74, 6) is -1.37. The van der Waals surface area contributed by atoms with Crippen LogP contribution >= 0.6 is 0 Å². The summed E-state index contributed by atoms with van der Waals surface area (Å²) in [5.41, 5.74) is 15.0. The number of anilines is 1. The molecule has 0 atom stereocenters. The Hall–Kier alpha value is -2.13. The fraction of sp³-hybridized carbons (Fsp3) is 0.111. The number of nitrogens with two attached hydrogens (primary N) is 4. The third-order valence-electron chi connectivity index (χ3n) is 1.56. The molecule has 2 amide bonds. The van der Waals surface area contributed by atoms with Crippen molar-refractivity contribution in [2.45, 2.75) is 11.3 Å². The summed E-state index contributed by atoms with van der Waals surface area (Å²) in [6.07, 6.45) is -0.361. The first-order valence-electron chi connectivity index (χ1n) is 4.58. The van der Waals surface area contributed by atoms with Gasteiger partial charge in [-0.1, -0.05) is 0 Å². The van der Waals surface area contributed by atoms with Crippen molar-refractivity contribution in [3.8, 4) is 0 Å². The Balaban J connectivity index is 0.000000360. The molecule has 0 bridgehead atoms. The smallest absolute Gasteiger partial charge is 0.238 e. The van der Waals surface area contributed by atoms with Gasteiger partial charge >= 0.3 is 0 Å². The molecule has 100 valence electrons. The molecule has 1 aromatic rings. The van der Waals surface area contributed by atoms with Gasteiger partial charge in [0.15, 0.2) is 0 Å². The third-order valence-corrected chi connectivity index (χ3v) is 2.49. The average Bonchev–Trinajstić information content (AvgIpc) is 2.15. The number of sulfonamides is 1. The van der Waals surface area contributed by atoms with Crippen LogP contribution in [0, 0.1) is 0 Å². The first kappa shape index (κ1) is 15.9. The van der Waals surface area contributed by atoms with E-state index in [1.54, 1.807) is 0 Å². The van der Waals surface area contributed by atoms with E-state index in [4.69, 9.17) is 10.9 Å². The quantitative estimate of drug-likeness (QED) is 0.377. The Morgan fingerprint density at radius 1 is 1.00 bits per heavy atom. The maximum atomic E-state index is 10.7. The molecule has 0 aliphatic carbocycles. The van der Waals surface area contributed by atoms with Gasteiger partial charge in [0.2, 0.25) is 21.8 Å². The monoisotopic (exact) mass is 274 g/mol. The van der Waals surface area contributed by atoms with Crippen LogP contribution in [0.3, 0.4) is 0 Å². The molecule has 0 aliphatic rings. The van der Waals surface area contributed by atoms with Gasteiger partial charge in [-0.05, 0) is 24.3 Å². The van der Waals surface area contributed by atoms with E-state index in [2.05, 4.69) is 11.5 Å². The summed E-state index contributed by atoms with van der Waals surface area (Å²) in [5, 5.41) is 4.84. The second-order valence-electron chi connectivity index (χ2n) is 3.22. The fourth-order valence-corrected chi connectivity index (χ4v) is 1.34. The SMILES string of the molecule is NC(=O)CC(N)=O.Nc1ccc(S(N)(=O)=O)cc1. The molecule has 1 aromatic carbocycles. The van der Waals surface area contributed by atoms with Crippen LogP contribution in [0.4, 0.5) is 5.69 Å². The van der Waals surface area contributed by atoms with Gasteiger partial charge in [-0.25, -0.2) is 13.6 Å². The molecule has 0 fully saturated rings. The van der Waals surface area contributed by atoms with Crippen molar-refractivity contribution in [3.63, 3.8) is 0 Å². The van der Waals surface area contributed by atoms with E-state index in [0.717, 1.165) is 0 Å². The maximum Gasteiger partial charge on any atom is 0.238 e. The van der Waals surface area contributed by atoms with Crippen LogP contribution < -0.4 is 22.3 Å². The molecule has 0 saturated heterocycles. The van der Waals surface area contributed by atoms with Crippen LogP contribution in [0.2, 0.25) is 0 Å². The molecule has 0 spiro atoms. The summed E-state index contributed by atoms with van der Waals surface area (Å²) in [6.45, 7) is 0. The van der Waals surface area contributed by atoms with E-state index < -0.39 is 21.8 Å². The maximum absolute atomic E-state index is 10.7. The van der Waals surface area contributed by atoms with Crippen molar-refractivity contribution in [1.29, 1.82) is 0 Å². The van der Waals surface area contributed by atoms with Gasteiger partial charge in [0.05, 0.1) is 4.90 Å². The Morgan fingerprint density at radius 2 is 1.39 bits per heavy atom. The number of carbonyl (C=O) groups excluding carboxylic acids is 2. The van der Waals surface area contributed by atoms with E-state index in [1.165, 1.54) is 24.3 Å². The van der Waals surface area contributed by atoms with Gasteiger partial charge in [0.1, 0.15) is 6.42 Å². The Morgan fingerprint density at radius 3 is 1.61 bits per heavy atom. The highest BCUT2D eigenvalue weighted by molar-refractivity contribution is 7.89. The predicted octanol–water partition coefficient (Wildman–Crippen LogP) is -1.74. The van der Waals surface area contributed by atoms with Crippen LogP contribution in [0.15, 0.2) is 29.2 Å². The zero-order chi connectivity index (χ0) is 14.3. The van der Waals surface area contributed by atoms with Gasteiger partial charge in [-0.3, -0.25) is 9.59 Å². The van der Waals surface area contributed by atoms with Crippen molar-refractivity contribution in [3.05, 3.63) is 24.3 Å². The number of hydrogen-bond donors (Lipinski definition) is 4. The van der Waals surface area contributed by atoms with Gasteiger partial charge in [0, 0.05) is 5.69 Å². The summed E-state index contributed by atoms with van der Waals surface area (Å²) < 4.78 is 21.4. The van der Waals surface area contributed by atoms with Crippen LogP contribution in [0.1, 0.15) is 6.42 Å². The van der Waals surface area contributed by atoms with E-state index in [9.17, 15) is 18.0 Å². The van der Waals surface area contributed by atoms with Crippen molar-refractivity contribution in [1.82, 2.24) is 0 Å². The third kappa shape index (κ3) is 7.19. The average molecular weight is 274 g/mol. The second-order valence-corrected chi connectivity index (χ2v) is 4.78. The first-order valence-corrected chi connectivity index (χ1v) is 6.12. The van der Waals surface area contributed by atoms with Crippen molar-refractivity contribution < 1.29 is 18.0 Å². The number of benzene rings is 1. The Kier molecular flexibility index (Phi) is 5.79. The highest BCUT2D eigenvalue weighted by Crippen LogP contribution is 2.08. The largest absolute Gasteiger partial charge is 0.399 e. The van der Waals surface area contributed by atoms with Crippen molar-refractivity contribution in [2.75, 3.05) is 5.73 Å². The lowest BCUT2D eigenvalue weighted by molar-refractivity contribution is -0.125. The molecular formula is C9H14N4O4S. The topological polar surface area (TPSA) is 172 Å². The molecule has 18 heavy (non-hydrogen) atoms. The second kappa shape index (κ2) is 6.57. The molecule has 0 radical (unpaired) electrons. The number of nitrogen functional groups attached to an aromatic ring is 1. The number of primary amides is 2. The van der Waals surface area contributed by atoms with E-state index >= 15 is 0 Å². The van der Waals surface area contributed by atoms with Gasteiger partial charge in [-0.2, -0.15) is 0 Å². The summed E-state index contributed by atoms with van der Waals surface area (Å²) in [6, 6.07) is 5.70. The fourth-order valence-electron chi connectivity index (χ4n) is 0.829. The number of rotatable bonds is 3. The van der Waals surface area contributed by atoms with Crippen LogP contribution in [-0.4, -0.2) is 20.2 Å². The minimum atomic E-state index is -3.58. The van der Waals surface area contributed by atoms with Crippen LogP contribution in [0.5, 0.6) is 0 Å². The molecule has 0 heterocycles. The van der Waals surface area contributed by atoms with Crippen LogP contribution in [0.25, 0.3) is 0 Å². The number of carbonyl (C=O) groups is 2. The number of hydrogen-bond acceptors (Lipinski definition) is 5. The minimum absolute atomic E-state index is 0.0756. The van der Waals surface area contributed by atoms with E-state index in [1.807, 2.05) is 0 Å². The first-order chi connectivity index (χ1) is 8.12. The zero-order valence-electron chi connectivity index (χ0n) is 9.37. The molecule has 1 rings (SSSR count). The summed E-state index contributed by atoms with van der Waals surface area (Å²) in [4.78, 5) is 19.5. The number of primary sulfonamides is 1. The summed E-state index contributed by atoms with van der Waals surface area (Å²) in [7, 11) is -3.58. The predicted molar refractivity (Wildman–Crippen MR) is 65.2 cm³/mol.